The maximum Gasteiger partial charge on any atom is 0.309 e. The van der Waals surface area contributed by atoms with E-state index in [4.69, 9.17) is 4.74 Å². The van der Waals surface area contributed by atoms with Crippen LogP contribution in [0.2, 0.25) is 0 Å². The minimum absolute atomic E-state index is 0.136. The Morgan fingerprint density at radius 3 is 2.80 bits per heavy atom. The van der Waals surface area contributed by atoms with Crippen LogP contribution in [0.1, 0.15) is 26.7 Å². The maximum atomic E-state index is 11.4. The Hall–Kier alpha value is -0.610. The predicted octanol–water partition coefficient (Wildman–Crippen LogP) is 0.641. The van der Waals surface area contributed by atoms with Crippen LogP contribution in [-0.4, -0.2) is 48.3 Å². The van der Waals surface area contributed by atoms with E-state index in [1.807, 2.05) is 13.8 Å². The van der Waals surface area contributed by atoms with Gasteiger partial charge in [0.2, 0.25) is 0 Å². The van der Waals surface area contributed by atoms with Crippen molar-refractivity contribution >= 4 is 5.97 Å². The summed E-state index contributed by atoms with van der Waals surface area (Å²) in [4.78, 5) is 13.6. The molecule has 4 heteroatoms. The Kier molecular flexibility index (Phi) is 4.54. The van der Waals surface area contributed by atoms with Crippen molar-refractivity contribution in [1.82, 2.24) is 4.90 Å². The number of methoxy groups -OCH3 is 1. The van der Waals surface area contributed by atoms with Gasteiger partial charge < -0.3 is 9.84 Å². The molecular formula is C11H21NO3. The van der Waals surface area contributed by atoms with Crippen molar-refractivity contribution in [3.8, 4) is 0 Å². The van der Waals surface area contributed by atoms with Gasteiger partial charge in [0, 0.05) is 12.1 Å². The summed E-state index contributed by atoms with van der Waals surface area (Å²) in [6, 6.07) is 0.351. The van der Waals surface area contributed by atoms with E-state index in [1.165, 1.54) is 7.11 Å². The molecule has 0 saturated carbocycles. The Morgan fingerprint density at radius 1 is 1.60 bits per heavy atom. The lowest BCUT2D eigenvalue weighted by molar-refractivity contribution is -0.147. The van der Waals surface area contributed by atoms with E-state index in [-0.39, 0.29) is 30.6 Å². The maximum absolute atomic E-state index is 11.4. The zero-order chi connectivity index (χ0) is 11.4. The van der Waals surface area contributed by atoms with E-state index in [0.717, 1.165) is 19.4 Å². The number of carbonyl (C=O) groups is 1. The normalized spacial score (nSPS) is 26.3. The van der Waals surface area contributed by atoms with Crippen molar-refractivity contribution in [1.29, 1.82) is 0 Å². The summed E-state index contributed by atoms with van der Waals surface area (Å²) < 4.78 is 4.73. The van der Waals surface area contributed by atoms with Crippen molar-refractivity contribution in [3.05, 3.63) is 0 Å². The van der Waals surface area contributed by atoms with E-state index >= 15 is 0 Å². The number of rotatable bonds is 4. The van der Waals surface area contributed by atoms with Gasteiger partial charge in [0.1, 0.15) is 0 Å². The number of hydrogen-bond acceptors (Lipinski definition) is 4. The van der Waals surface area contributed by atoms with Crippen molar-refractivity contribution in [3.63, 3.8) is 0 Å². The number of nitrogens with zero attached hydrogens (tertiary/aromatic N) is 1. The first kappa shape index (κ1) is 12.5. The molecule has 0 amide bonds. The van der Waals surface area contributed by atoms with Crippen molar-refractivity contribution in [2.24, 2.45) is 5.92 Å². The smallest absolute Gasteiger partial charge is 0.309 e. The summed E-state index contributed by atoms with van der Waals surface area (Å²) in [6.07, 6.45) is 2.12. The van der Waals surface area contributed by atoms with Crippen LogP contribution < -0.4 is 0 Å². The number of aliphatic hydroxyl groups is 1. The molecule has 1 saturated heterocycles. The molecule has 0 aromatic heterocycles. The lowest BCUT2D eigenvalue weighted by Crippen LogP contribution is -2.44. The Bertz CT molecular complexity index is 220. The third-order valence-electron chi connectivity index (χ3n) is 3.45. The molecule has 1 heterocycles. The summed E-state index contributed by atoms with van der Waals surface area (Å²) in [5.74, 6) is -0.312. The third-order valence-corrected chi connectivity index (χ3v) is 3.45. The number of likely N-dealkylation sites (tertiary alicyclic amines) is 1. The van der Waals surface area contributed by atoms with Gasteiger partial charge in [-0.25, -0.2) is 0 Å². The van der Waals surface area contributed by atoms with E-state index in [0.29, 0.717) is 0 Å². The van der Waals surface area contributed by atoms with Gasteiger partial charge in [0.25, 0.3) is 0 Å². The zero-order valence-corrected chi connectivity index (χ0v) is 9.77. The molecule has 0 aliphatic carbocycles. The van der Waals surface area contributed by atoms with E-state index in [1.54, 1.807) is 0 Å². The minimum atomic E-state index is -0.175. The average Bonchev–Trinajstić information content (AvgIpc) is 2.73. The van der Waals surface area contributed by atoms with E-state index in [2.05, 4.69) is 4.90 Å². The van der Waals surface area contributed by atoms with Crippen LogP contribution in [-0.2, 0) is 9.53 Å². The molecule has 3 unspecified atom stereocenters. The van der Waals surface area contributed by atoms with Gasteiger partial charge in [-0.2, -0.15) is 0 Å². The van der Waals surface area contributed by atoms with Crippen LogP contribution >= 0.6 is 0 Å². The summed E-state index contributed by atoms with van der Waals surface area (Å²) in [5, 5.41) is 9.21. The molecule has 0 spiro atoms. The highest BCUT2D eigenvalue weighted by molar-refractivity contribution is 5.72. The minimum Gasteiger partial charge on any atom is -0.469 e. The van der Waals surface area contributed by atoms with Crippen LogP contribution in [0.5, 0.6) is 0 Å². The standard InChI is InChI=1S/C11H21NO3/c1-8(11(14)15-3)9(2)12-6-4-5-10(12)7-13/h8-10,13H,4-7H2,1-3H3. The van der Waals surface area contributed by atoms with Gasteiger partial charge >= 0.3 is 5.97 Å². The van der Waals surface area contributed by atoms with Gasteiger partial charge in [-0.15, -0.1) is 0 Å². The molecule has 0 aromatic carbocycles. The fraction of sp³-hybridized carbons (Fsp3) is 0.909. The van der Waals surface area contributed by atoms with Crippen LogP contribution in [0.3, 0.4) is 0 Å². The molecule has 1 aliphatic rings. The highest BCUT2D eigenvalue weighted by Crippen LogP contribution is 2.23. The monoisotopic (exact) mass is 215 g/mol. The second-order valence-corrected chi connectivity index (χ2v) is 4.27. The second kappa shape index (κ2) is 5.47. The summed E-state index contributed by atoms with van der Waals surface area (Å²) >= 11 is 0. The summed E-state index contributed by atoms with van der Waals surface area (Å²) in [6.45, 7) is 5.05. The van der Waals surface area contributed by atoms with Crippen molar-refractivity contribution in [2.75, 3.05) is 20.3 Å². The molecule has 1 N–H and O–H groups in total. The van der Waals surface area contributed by atoms with Gasteiger partial charge in [0.15, 0.2) is 0 Å². The second-order valence-electron chi connectivity index (χ2n) is 4.27. The fourth-order valence-electron chi connectivity index (χ4n) is 2.26. The van der Waals surface area contributed by atoms with E-state index in [9.17, 15) is 9.90 Å². The van der Waals surface area contributed by atoms with Crippen LogP contribution in [0.15, 0.2) is 0 Å². The number of hydrogen-bond donors (Lipinski definition) is 1. The van der Waals surface area contributed by atoms with Gasteiger partial charge in [-0.1, -0.05) is 6.92 Å². The molecule has 88 valence electrons. The van der Waals surface area contributed by atoms with Crippen molar-refractivity contribution in [2.45, 2.75) is 38.8 Å². The lowest BCUT2D eigenvalue weighted by Gasteiger charge is -2.32. The van der Waals surface area contributed by atoms with Crippen molar-refractivity contribution < 1.29 is 14.6 Å². The molecule has 15 heavy (non-hydrogen) atoms. The van der Waals surface area contributed by atoms with Gasteiger partial charge in [-0.05, 0) is 26.3 Å². The van der Waals surface area contributed by atoms with Crippen LogP contribution in [0.25, 0.3) is 0 Å². The van der Waals surface area contributed by atoms with Crippen LogP contribution in [0.4, 0.5) is 0 Å². The Labute approximate surface area is 91.2 Å². The number of aliphatic hydroxyl groups excluding tert-OH is 1. The lowest BCUT2D eigenvalue weighted by atomic mass is 10.0. The number of esters is 1. The molecule has 0 bridgehead atoms. The van der Waals surface area contributed by atoms with Crippen LogP contribution in [0, 0.1) is 5.92 Å². The first-order valence-electron chi connectivity index (χ1n) is 5.56. The quantitative estimate of drug-likeness (QED) is 0.699. The highest BCUT2D eigenvalue weighted by Gasteiger charge is 2.33. The molecule has 0 radical (unpaired) electrons. The van der Waals surface area contributed by atoms with E-state index < -0.39 is 0 Å². The Morgan fingerprint density at radius 2 is 2.27 bits per heavy atom. The topological polar surface area (TPSA) is 49.8 Å². The summed E-state index contributed by atoms with van der Waals surface area (Å²) in [5.41, 5.74) is 0. The average molecular weight is 215 g/mol. The zero-order valence-electron chi connectivity index (χ0n) is 9.77. The van der Waals surface area contributed by atoms with Gasteiger partial charge in [-0.3, -0.25) is 9.69 Å². The molecule has 1 rings (SSSR count). The van der Waals surface area contributed by atoms with Gasteiger partial charge in [0.05, 0.1) is 19.6 Å². The molecule has 0 aromatic rings. The highest BCUT2D eigenvalue weighted by atomic mass is 16.5. The largest absolute Gasteiger partial charge is 0.469 e. The Balaban J connectivity index is 2.58. The SMILES string of the molecule is COC(=O)C(C)C(C)N1CCCC1CO. The third kappa shape index (κ3) is 2.69. The number of carbonyl (C=O) groups excluding carboxylic acids is 1. The molecule has 1 aliphatic heterocycles. The predicted molar refractivity (Wildman–Crippen MR) is 57.5 cm³/mol. The first-order chi connectivity index (χ1) is 7.11. The fourth-order valence-corrected chi connectivity index (χ4v) is 2.26. The first-order valence-corrected chi connectivity index (χ1v) is 5.56. The molecule has 4 nitrogen and oxygen atoms in total. The molecule has 1 fully saturated rings. The molecular weight excluding hydrogens is 194 g/mol. The summed E-state index contributed by atoms with van der Waals surface area (Å²) in [7, 11) is 1.42. The number of ether oxygens (including phenoxy) is 1. The molecule has 3 atom stereocenters.